The van der Waals surface area contributed by atoms with E-state index in [0.717, 1.165) is 41.0 Å². The standard InChI is InChI=1S/C13H16ClN3O2.C13H19N3O/c1-4-9-10(13(18)19-6-3)11(14)8-7-15-17(5-2)12(8)16-9;1-5-11-9(4)12(17-7-3)10-8-14-16(6-2)13(10)15-11/h7H,4-6H2,1-3H3;8H,5-7H2,1-4H3. The fourth-order valence-corrected chi connectivity index (χ4v) is 4.42. The molecule has 10 heteroatoms. The molecule has 0 bridgehead atoms. The van der Waals surface area contributed by atoms with Crippen LogP contribution in [0, 0.1) is 6.92 Å². The van der Waals surface area contributed by atoms with E-state index < -0.39 is 5.97 Å². The minimum Gasteiger partial charge on any atom is -0.493 e. The van der Waals surface area contributed by atoms with Crippen LogP contribution in [-0.2, 0) is 30.7 Å². The smallest absolute Gasteiger partial charge is 0.341 e. The molecule has 0 aliphatic carbocycles. The molecule has 0 radical (unpaired) electrons. The zero-order valence-corrected chi connectivity index (χ0v) is 22.9. The van der Waals surface area contributed by atoms with Gasteiger partial charge < -0.3 is 9.47 Å². The van der Waals surface area contributed by atoms with E-state index in [1.54, 1.807) is 17.8 Å². The van der Waals surface area contributed by atoms with Gasteiger partial charge in [-0.05, 0) is 47.5 Å². The predicted molar refractivity (Wildman–Crippen MR) is 142 cm³/mol. The molecular formula is C26H35ClN6O3. The summed E-state index contributed by atoms with van der Waals surface area (Å²) in [4.78, 5) is 21.2. The second-order valence-electron chi connectivity index (χ2n) is 8.02. The van der Waals surface area contributed by atoms with Gasteiger partial charge in [-0.1, -0.05) is 25.4 Å². The van der Waals surface area contributed by atoms with Gasteiger partial charge in [-0.2, -0.15) is 10.2 Å². The van der Waals surface area contributed by atoms with Crippen molar-refractivity contribution in [1.82, 2.24) is 29.5 Å². The van der Waals surface area contributed by atoms with Crippen LogP contribution in [0.5, 0.6) is 5.75 Å². The van der Waals surface area contributed by atoms with Crippen LogP contribution in [0.15, 0.2) is 12.4 Å². The minimum atomic E-state index is -0.428. The first-order valence-electron chi connectivity index (χ1n) is 12.5. The summed E-state index contributed by atoms with van der Waals surface area (Å²) in [6.07, 6.45) is 5.01. The van der Waals surface area contributed by atoms with Gasteiger partial charge in [0.1, 0.15) is 11.3 Å². The average molecular weight is 515 g/mol. The van der Waals surface area contributed by atoms with Gasteiger partial charge in [-0.15, -0.1) is 0 Å². The maximum absolute atomic E-state index is 12.0. The Kier molecular flexibility index (Phi) is 9.25. The SMILES string of the molecule is CCOC(=O)c1c(CC)nc2c(cnn2CC)c1Cl.CCOc1c(C)c(CC)nc2c1cnn2CC. The second kappa shape index (κ2) is 12.2. The molecule has 0 amide bonds. The normalized spacial score (nSPS) is 11.0. The Bertz CT molecular complexity index is 1360. The molecule has 0 saturated heterocycles. The Labute approximate surface area is 216 Å². The molecule has 0 unspecified atom stereocenters. The number of rotatable bonds is 8. The molecule has 0 aromatic carbocycles. The number of fused-ring (bicyclic) bond motifs is 2. The van der Waals surface area contributed by atoms with E-state index in [4.69, 9.17) is 21.1 Å². The van der Waals surface area contributed by atoms with Crippen LogP contribution in [0.4, 0.5) is 0 Å². The van der Waals surface area contributed by atoms with Crippen molar-refractivity contribution in [3.63, 3.8) is 0 Å². The van der Waals surface area contributed by atoms with E-state index in [9.17, 15) is 4.79 Å². The predicted octanol–water partition coefficient (Wildman–Crippen LogP) is 5.56. The lowest BCUT2D eigenvalue weighted by atomic mass is 10.1. The summed E-state index contributed by atoms with van der Waals surface area (Å²) in [6, 6.07) is 0. The molecular weight excluding hydrogens is 480 g/mol. The number of halogens is 1. The zero-order chi connectivity index (χ0) is 26.4. The highest BCUT2D eigenvalue weighted by Crippen LogP contribution is 2.31. The topological polar surface area (TPSA) is 96.9 Å². The summed E-state index contributed by atoms with van der Waals surface area (Å²) in [5.74, 6) is 0.511. The van der Waals surface area contributed by atoms with Crippen LogP contribution in [0.1, 0.15) is 68.9 Å². The van der Waals surface area contributed by atoms with E-state index in [2.05, 4.69) is 40.9 Å². The Hall–Kier alpha value is -3.20. The van der Waals surface area contributed by atoms with Gasteiger partial charge in [0.2, 0.25) is 0 Å². The molecule has 0 aliphatic heterocycles. The van der Waals surface area contributed by atoms with Gasteiger partial charge in [0, 0.05) is 24.3 Å². The van der Waals surface area contributed by atoms with Gasteiger partial charge in [0.15, 0.2) is 11.3 Å². The maximum Gasteiger partial charge on any atom is 0.341 e. The van der Waals surface area contributed by atoms with E-state index in [-0.39, 0.29) is 0 Å². The molecule has 4 aromatic heterocycles. The van der Waals surface area contributed by atoms with E-state index in [0.29, 0.717) is 53.5 Å². The molecule has 0 N–H and O–H groups in total. The third kappa shape index (κ3) is 5.16. The first-order chi connectivity index (χ1) is 17.4. The molecule has 0 fully saturated rings. The minimum absolute atomic E-state index is 0.310. The number of aryl methyl sites for hydroxylation is 4. The van der Waals surface area contributed by atoms with Gasteiger partial charge in [0.25, 0.3) is 0 Å². The molecule has 4 rings (SSSR count). The monoisotopic (exact) mass is 514 g/mol. The largest absolute Gasteiger partial charge is 0.493 e. The number of nitrogens with zero attached hydrogens (tertiary/aromatic N) is 6. The van der Waals surface area contributed by atoms with Crippen LogP contribution in [0.2, 0.25) is 5.02 Å². The highest BCUT2D eigenvalue weighted by Gasteiger charge is 2.22. The highest BCUT2D eigenvalue weighted by molar-refractivity contribution is 6.38. The first kappa shape index (κ1) is 27.4. The molecule has 36 heavy (non-hydrogen) atoms. The van der Waals surface area contributed by atoms with Gasteiger partial charge >= 0.3 is 5.97 Å². The first-order valence-corrected chi connectivity index (χ1v) is 12.9. The van der Waals surface area contributed by atoms with Crippen molar-refractivity contribution in [2.45, 2.75) is 74.4 Å². The van der Waals surface area contributed by atoms with E-state index in [1.165, 1.54) is 0 Å². The number of carbonyl (C=O) groups is 1. The fourth-order valence-electron chi connectivity index (χ4n) is 4.10. The Morgan fingerprint density at radius 1 is 0.861 bits per heavy atom. The van der Waals surface area contributed by atoms with Crippen molar-refractivity contribution in [2.24, 2.45) is 0 Å². The van der Waals surface area contributed by atoms with Crippen molar-refractivity contribution in [3.8, 4) is 5.75 Å². The van der Waals surface area contributed by atoms with Gasteiger partial charge in [-0.3, -0.25) is 0 Å². The van der Waals surface area contributed by atoms with Crippen molar-refractivity contribution in [3.05, 3.63) is 39.9 Å². The molecule has 9 nitrogen and oxygen atoms in total. The number of pyridine rings is 2. The second-order valence-corrected chi connectivity index (χ2v) is 8.39. The summed E-state index contributed by atoms with van der Waals surface area (Å²) in [5, 5.41) is 10.6. The number of carbonyl (C=O) groups excluding carboxylic acids is 1. The van der Waals surface area contributed by atoms with Crippen LogP contribution < -0.4 is 4.74 Å². The Morgan fingerprint density at radius 2 is 1.42 bits per heavy atom. The van der Waals surface area contributed by atoms with Crippen LogP contribution in [0.3, 0.4) is 0 Å². The number of hydrogen-bond acceptors (Lipinski definition) is 7. The van der Waals surface area contributed by atoms with Crippen LogP contribution >= 0.6 is 11.6 Å². The van der Waals surface area contributed by atoms with Gasteiger partial charge in [-0.25, -0.2) is 24.1 Å². The fraction of sp³-hybridized carbons (Fsp3) is 0.500. The number of aromatic nitrogens is 6. The van der Waals surface area contributed by atoms with Crippen molar-refractivity contribution < 1.29 is 14.3 Å². The number of esters is 1. The number of ether oxygens (including phenoxy) is 2. The van der Waals surface area contributed by atoms with Crippen molar-refractivity contribution >= 4 is 39.6 Å². The maximum atomic E-state index is 12.0. The van der Waals surface area contributed by atoms with Crippen molar-refractivity contribution in [1.29, 1.82) is 0 Å². The molecule has 0 spiro atoms. The molecule has 0 saturated carbocycles. The Morgan fingerprint density at radius 3 is 1.94 bits per heavy atom. The molecule has 0 atom stereocenters. The summed E-state index contributed by atoms with van der Waals surface area (Å²) in [7, 11) is 0. The lowest BCUT2D eigenvalue weighted by Crippen LogP contribution is -2.11. The molecule has 0 aliphatic rings. The van der Waals surface area contributed by atoms with Crippen LogP contribution in [-0.4, -0.2) is 48.7 Å². The van der Waals surface area contributed by atoms with Crippen LogP contribution in [0.25, 0.3) is 22.1 Å². The third-order valence-electron chi connectivity index (χ3n) is 5.90. The average Bonchev–Trinajstić information content (AvgIpc) is 3.49. The lowest BCUT2D eigenvalue weighted by molar-refractivity contribution is 0.0525. The van der Waals surface area contributed by atoms with Gasteiger partial charge in [0.05, 0.1) is 47.1 Å². The zero-order valence-electron chi connectivity index (χ0n) is 22.2. The quantitative estimate of drug-likeness (QED) is 0.284. The third-order valence-corrected chi connectivity index (χ3v) is 6.30. The summed E-state index contributed by atoms with van der Waals surface area (Å²) >= 11 is 6.33. The number of hydrogen-bond donors (Lipinski definition) is 0. The van der Waals surface area contributed by atoms with E-state index >= 15 is 0 Å². The summed E-state index contributed by atoms with van der Waals surface area (Å²) in [5.41, 5.74) is 4.87. The lowest BCUT2D eigenvalue weighted by Gasteiger charge is -2.12. The summed E-state index contributed by atoms with van der Waals surface area (Å²) < 4.78 is 14.5. The summed E-state index contributed by atoms with van der Waals surface area (Å²) in [6.45, 7) is 16.4. The molecule has 4 aromatic rings. The highest BCUT2D eigenvalue weighted by atomic mass is 35.5. The molecule has 194 valence electrons. The van der Waals surface area contributed by atoms with E-state index in [1.807, 2.05) is 31.6 Å². The molecule has 4 heterocycles. The Balaban J connectivity index is 0.000000202. The van der Waals surface area contributed by atoms with Crippen molar-refractivity contribution in [2.75, 3.05) is 13.2 Å².